The first-order valence-corrected chi connectivity index (χ1v) is 8.30. The Hall–Kier alpha value is -1.62. The topological polar surface area (TPSA) is 39.7 Å². The molecule has 1 aromatic rings. The van der Waals surface area contributed by atoms with Crippen LogP contribution in [0, 0.1) is 0 Å². The van der Waals surface area contributed by atoms with Crippen molar-refractivity contribution < 1.29 is 4.79 Å². The van der Waals surface area contributed by atoms with Gasteiger partial charge < -0.3 is 9.80 Å². The van der Waals surface area contributed by atoms with Gasteiger partial charge in [-0.3, -0.25) is 9.69 Å². The lowest BCUT2D eigenvalue weighted by atomic mass is 10.1. The second-order valence-electron chi connectivity index (χ2n) is 6.56. The van der Waals surface area contributed by atoms with Crippen LogP contribution < -0.4 is 4.90 Å². The second kappa shape index (κ2) is 6.65. The van der Waals surface area contributed by atoms with Crippen molar-refractivity contribution >= 4 is 11.7 Å². The summed E-state index contributed by atoms with van der Waals surface area (Å²) in [6.07, 6.45) is 6.49. The van der Waals surface area contributed by atoms with Crippen LogP contribution in [0.4, 0.5) is 5.82 Å². The Morgan fingerprint density at radius 1 is 1.27 bits per heavy atom. The number of rotatable bonds is 4. The van der Waals surface area contributed by atoms with E-state index in [1.54, 1.807) is 0 Å². The number of carbonyl (C=O) groups is 1. The lowest BCUT2D eigenvalue weighted by Crippen LogP contribution is -2.38. The molecule has 0 aromatic carbocycles. The fraction of sp³-hybridized carbons (Fsp3) is 0.647. The van der Waals surface area contributed by atoms with Crippen molar-refractivity contribution in [2.45, 2.75) is 31.7 Å². The minimum absolute atomic E-state index is 0.297. The van der Waals surface area contributed by atoms with E-state index in [0.29, 0.717) is 18.5 Å². The SMILES string of the molecule is CN(C)c1cc([C@@H]2CCCN2CC(=O)N2CCCC2)ccn1. The first kappa shape index (κ1) is 15.3. The summed E-state index contributed by atoms with van der Waals surface area (Å²) in [7, 11) is 4.02. The highest BCUT2D eigenvalue weighted by Gasteiger charge is 2.29. The van der Waals surface area contributed by atoms with Crippen molar-refractivity contribution in [2.24, 2.45) is 0 Å². The van der Waals surface area contributed by atoms with Gasteiger partial charge in [0.25, 0.3) is 0 Å². The summed E-state index contributed by atoms with van der Waals surface area (Å²) in [6.45, 7) is 3.46. The zero-order valence-electron chi connectivity index (χ0n) is 13.7. The molecule has 2 aliphatic rings. The van der Waals surface area contributed by atoms with Gasteiger partial charge >= 0.3 is 0 Å². The highest BCUT2D eigenvalue weighted by molar-refractivity contribution is 5.78. The second-order valence-corrected chi connectivity index (χ2v) is 6.56. The molecule has 0 unspecified atom stereocenters. The van der Waals surface area contributed by atoms with Gasteiger partial charge in [0.15, 0.2) is 0 Å². The van der Waals surface area contributed by atoms with Crippen molar-refractivity contribution in [3.05, 3.63) is 23.9 Å². The summed E-state index contributed by atoms with van der Waals surface area (Å²) in [6, 6.07) is 4.60. The van der Waals surface area contributed by atoms with Gasteiger partial charge in [-0.05, 0) is 49.9 Å². The van der Waals surface area contributed by atoms with Crippen molar-refractivity contribution in [2.75, 3.05) is 45.2 Å². The van der Waals surface area contributed by atoms with Crippen LogP contribution in [0.15, 0.2) is 18.3 Å². The molecule has 1 aromatic heterocycles. The van der Waals surface area contributed by atoms with Crippen molar-refractivity contribution in [1.29, 1.82) is 0 Å². The Morgan fingerprint density at radius 3 is 2.77 bits per heavy atom. The number of hydrogen-bond acceptors (Lipinski definition) is 4. The van der Waals surface area contributed by atoms with E-state index in [0.717, 1.165) is 51.1 Å². The Morgan fingerprint density at radius 2 is 2.05 bits per heavy atom. The molecule has 2 saturated heterocycles. The highest BCUT2D eigenvalue weighted by Crippen LogP contribution is 2.32. The van der Waals surface area contributed by atoms with Crippen molar-refractivity contribution in [3.63, 3.8) is 0 Å². The number of aromatic nitrogens is 1. The molecule has 0 spiro atoms. The minimum atomic E-state index is 0.297. The molecule has 120 valence electrons. The largest absolute Gasteiger partial charge is 0.363 e. The molecule has 0 N–H and O–H groups in total. The van der Waals surface area contributed by atoms with Crippen LogP contribution in [0.5, 0.6) is 0 Å². The summed E-state index contributed by atoms with van der Waals surface area (Å²) < 4.78 is 0. The highest BCUT2D eigenvalue weighted by atomic mass is 16.2. The third kappa shape index (κ3) is 3.24. The Kier molecular flexibility index (Phi) is 4.62. The molecule has 22 heavy (non-hydrogen) atoms. The van der Waals surface area contributed by atoms with Gasteiger partial charge in [0.2, 0.25) is 5.91 Å². The van der Waals surface area contributed by atoms with Gasteiger partial charge in [-0.15, -0.1) is 0 Å². The lowest BCUT2D eigenvalue weighted by Gasteiger charge is -2.27. The third-order valence-electron chi connectivity index (χ3n) is 4.77. The summed E-state index contributed by atoms with van der Waals surface area (Å²) in [5.74, 6) is 1.28. The molecule has 5 nitrogen and oxygen atoms in total. The van der Waals surface area contributed by atoms with E-state index in [4.69, 9.17) is 0 Å². The number of pyridine rings is 1. The number of anilines is 1. The van der Waals surface area contributed by atoms with E-state index < -0.39 is 0 Å². The van der Waals surface area contributed by atoms with E-state index >= 15 is 0 Å². The molecular formula is C17H26N4O. The van der Waals surface area contributed by atoms with Crippen LogP contribution in [0.2, 0.25) is 0 Å². The maximum atomic E-state index is 12.4. The summed E-state index contributed by atoms with van der Waals surface area (Å²) in [4.78, 5) is 23.2. The van der Waals surface area contributed by atoms with Crippen molar-refractivity contribution in [3.8, 4) is 0 Å². The Bertz CT molecular complexity index is 525. The van der Waals surface area contributed by atoms with Crippen LogP contribution >= 0.6 is 0 Å². The summed E-state index contributed by atoms with van der Waals surface area (Å²) >= 11 is 0. The number of likely N-dealkylation sites (tertiary alicyclic amines) is 2. The van der Waals surface area contributed by atoms with Crippen LogP contribution in [0.1, 0.15) is 37.3 Å². The number of amides is 1. The number of nitrogens with zero attached hydrogens (tertiary/aromatic N) is 4. The lowest BCUT2D eigenvalue weighted by molar-refractivity contribution is -0.131. The molecule has 0 saturated carbocycles. The number of carbonyl (C=O) groups excluding carboxylic acids is 1. The smallest absolute Gasteiger partial charge is 0.236 e. The fourth-order valence-electron chi connectivity index (χ4n) is 3.52. The summed E-state index contributed by atoms with van der Waals surface area (Å²) in [5, 5.41) is 0. The fourth-order valence-corrected chi connectivity index (χ4v) is 3.52. The molecule has 1 atom stereocenters. The standard InChI is InChI=1S/C17H26N4O/c1-19(2)16-12-14(7-8-18-16)15-6-5-11-21(15)13-17(22)20-9-3-4-10-20/h7-8,12,15H,3-6,9-11,13H2,1-2H3/t15-/m0/s1. The van der Waals surface area contributed by atoms with Gasteiger partial charge in [-0.1, -0.05) is 0 Å². The predicted octanol–water partition coefficient (Wildman–Crippen LogP) is 1.91. The average molecular weight is 302 g/mol. The van der Waals surface area contributed by atoms with Crippen molar-refractivity contribution in [1.82, 2.24) is 14.8 Å². The predicted molar refractivity (Wildman–Crippen MR) is 87.9 cm³/mol. The van der Waals surface area contributed by atoms with E-state index in [2.05, 4.69) is 22.0 Å². The van der Waals surface area contributed by atoms with Gasteiger partial charge in [-0.25, -0.2) is 4.98 Å². The van der Waals surface area contributed by atoms with E-state index in [-0.39, 0.29) is 0 Å². The molecule has 2 fully saturated rings. The maximum Gasteiger partial charge on any atom is 0.236 e. The van der Waals surface area contributed by atoms with E-state index in [1.807, 2.05) is 30.1 Å². The maximum absolute atomic E-state index is 12.4. The van der Waals surface area contributed by atoms with E-state index in [1.165, 1.54) is 5.56 Å². The minimum Gasteiger partial charge on any atom is -0.363 e. The molecular weight excluding hydrogens is 276 g/mol. The quantitative estimate of drug-likeness (QED) is 0.852. The molecule has 5 heteroatoms. The van der Waals surface area contributed by atoms with Crippen LogP contribution in [0.3, 0.4) is 0 Å². The average Bonchev–Trinajstić information content (AvgIpc) is 3.18. The summed E-state index contributed by atoms with van der Waals surface area (Å²) in [5.41, 5.74) is 1.28. The molecule has 0 bridgehead atoms. The Balaban J connectivity index is 1.70. The zero-order chi connectivity index (χ0) is 15.5. The van der Waals surface area contributed by atoms with Crippen LogP contribution in [-0.2, 0) is 4.79 Å². The zero-order valence-corrected chi connectivity index (χ0v) is 13.7. The third-order valence-corrected chi connectivity index (χ3v) is 4.77. The number of hydrogen-bond donors (Lipinski definition) is 0. The van der Waals surface area contributed by atoms with E-state index in [9.17, 15) is 4.79 Å². The first-order chi connectivity index (χ1) is 10.6. The van der Waals surface area contributed by atoms with Gasteiger partial charge in [-0.2, -0.15) is 0 Å². The molecule has 0 radical (unpaired) electrons. The van der Waals surface area contributed by atoms with Gasteiger partial charge in [0.1, 0.15) is 5.82 Å². The first-order valence-electron chi connectivity index (χ1n) is 8.30. The molecule has 2 aliphatic heterocycles. The molecule has 0 aliphatic carbocycles. The monoisotopic (exact) mass is 302 g/mol. The van der Waals surface area contributed by atoms with Crippen LogP contribution in [0.25, 0.3) is 0 Å². The van der Waals surface area contributed by atoms with Gasteiger partial charge in [0, 0.05) is 39.4 Å². The van der Waals surface area contributed by atoms with Crippen LogP contribution in [-0.4, -0.2) is 61.0 Å². The van der Waals surface area contributed by atoms with Gasteiger partial charge in [0.05, 0.1) is 6.54 Å². The molecule has 3 rings (SSSR count). The normalized spacial score (nSPS) is 22.3. The molecule has 1 amide bonds. The molecule has 3 heterocycles. The Labute approximate surface area is 132 Å².